The summed E-state index contributed by atoms with van der Waals surface area (Å²) in [5, 5.41) is 2.81. The first-order chi connectivity index (χ1) is 9.10. The largest absolute Gasteiger partial charge is 0.371 e. The van der Waals surface area contributed by atoms with E-state index in [1.165, 1.54) is 11.8 Å². The van der Waals surface area contributed by atoms with Crippen molar-refractivity contribution in [3.63, 3.8) is 0 Å². The summed E-state index contributed by atoms with van der Waals surface area (Å²) in [5.41, 5.74) is 2.24. The summed E-state index contributed by atoms with van der Waals surface area (Å²) in [6.07, 6.45) is 0. The van der Waals surface area contributed by atoms with Gasteiger partial charge in [-0.3, -0.25) is 0 Å². The average molecular weight is 280 g/mol. The maximum absolute atomic E-state index is 13.6. The molecule has 0 bridgehead atoms. The van der Waals surface area contributed by atoms with Crippen LogP contribution in [0.25, 0.3) is 0 Å². The number of anilines is 1. The summed E-state index contributed by atoms with van der Waals surface area (Å²) in [5.74, 6) is -0.650. The quantitative estimate of drug-likeness (QED) is 0.857. The lowest BCUT2D eigenvalue weighted by Crippen LogP contribution is -2.00. The second-order valence-electron chi connectivity index (χ2n) is 4.13. The molecule has 1 N–H and O–H groups in total. The normalized spacial score (nSPS) is 10.5. The fraction of sp³-hybridized carbons (Fsp3) is 0.214. The van der Waals surface area contributed by atoms with Gasteiger partial charge < -0.3 is 5.32 Å². The highest BCUT2D eigenvalue weighted by Gasteiger charge is 2.11. The summed E-state index contributed by atoms with van der Waals surface area (Å²) in [7, 11) is 1.55. The van der Waals surface area contributed by atoms with Crippen molar-refractivity contribution in [2.24, 2.45) is 0 Å². The molecule has 1 aromatic heterocycles. The Kier molecular flexibility index (Phi) is 4.37. The Morgan fingerprint density at radius 1 is 1.21 bits per heavy atom. The molecule has 2 aromatic rings. The highest BCUT2D eigenvalue weighted by Crippen LogP contribution is 2.26. The highest BCUT2D eigenvalue weighted by molar-refractivity contribution is 7.98. The molecular formula is C14H14F2N2S. The molecule has 0 radical (unpaired) electrons. The zero-order valence-electron chi connectivity index (χ0n) is 10.7. The molecule has 0 atom stereocenters. The predicted octanol–water partition coefficient (Wildman–Crippen LogP) is 4.00. The minimum atomic E-state index is -0.681. The van der Waals surface area contributed by atoms with Gasteiger partial charge in [-0.25, -0.2) is 13.8 Å². The Labute approximate surface area is 115 Å². The molecule has 0 aliphatic carbocycles. The molecule has 5 heteroatoms. The third-order valence-corrected chi connectivity index (χ3v) is 3.63. The molecule has 100 valence electrons. The van der Waals surface area contributed by atoms with Gasteiger partial charge in [-0.15, -0.1) is 0 Å². The van der Waals surface area contributed by atoms with E-state index in [4.69, 9.17) is 0 Å². The van der Waals surface area contributed by atoms with Crippen LogP contribution in [0.3, 0.4) is 0 Å². The number of nitrogens with zero attached hydrogens (tertiary/aromatic N) is 1. The van der Waals surface area contributed by atoms with E-state index in [0.29, 0.717) is 5.75 Å². The second-order valence-corrected chi connectivity index (χ2v) is 5.10. The Hall–Kier alpha value is -1.62. The third-order valence-electron chi connectivity index (χ3n) is 2.59. The van der Waals surface area contributed by atoms with E-state index in [1.807, 2.05) is 31.2 Å². The highest BCUT2D eigenvalue weighted by atomic mass is 32.2. The van der Waals surface area contributed by atoms with Gasteiger partial charge in [0.2, 0.25) is 0 Å². The number of halogens is 2. The van der Waals surface area contributed by atoms with Gasteiger partial charge in [0, 0.05) is 18.9 Å². The van der Waals surface area contributed by atoms with E-state index >= 15 is 0 Å². The predicted molar refractivity (Wildman–Crippen MR) is 74.4 cm³/mol. The SMILES string of the molecule is CNc1nc(SCc2cccc(C)c2)c(F)cc1F. The summed E-state index contributed by atoms with van der Waals surface area (Å²) < 4.78 is 26.9. The lowest BCUT2D eigenvalue weighted by molar-refractivity contribution is 0.551. The molecule has 0 saturated carbocycles. The van der Waals surface area contributed by atoms with E-state index in [1.54, 1.807) is 7.05 Å². The van der Waals surface area contributed by atoms with E-state index < -0.39 is 11.6 Å². The Morgan fingerprint density at radius 2 is 2.00 bits per heavy atom. The number of thioether (sulfide) groups is 1. The zero-order chi connectivity index (χ0) is 13.8. The second kappa shape index (κ2) is 6.02. The van der Waals surface area contributed by atoms with Crippen molar-refractivity contribution in [2.45, 2.75) is 17.7 Å². The molecule has 0 spiro atoms. The van der Waals surface area contributed by atoms with E-state index in [9.17, 15) is 8.78 Å². The summed E-state index contributed by atoms with van der Waals surface area (Å²) in [6, 6.07) is 8.83. The standard InChI is InChI=1S/C14H14F2N2S/c1-9-4-3-5-10(6-9)8-19-14-12(16)7-11(15)13(17-2)18-14/h3-7H,8H2,1-2H3,(H,17,18). The van der Waals surface area contributed by atoms with Crippen molar-refractivity contribution >= 4 is 17.6 Å². The van der Waals surface area contributed by atoms with E-state index in [-0.39, 0.29) is 10.8 Å². The van der Waals surface area contributed by atoms with Crippen molar-refractivity contribution in [2.75, 3.05) is 12.4 Å². The Balaban J connectivity index is 2.15. The zero-order valence-corrected chi connectivity index (χ0v) is 11.5. The van der Waals surface area contributed by atoms with Gasteiger partial charge in [0.1, 0.15) is 5.03 Å². The minimum Gasteiger partial charge on any atom is -0.371 e. The molecule has 0 amide bonds. The number of aromatic nitrogens is 1. The molecule has 0 aliphatic heterocycles. The van der Waals surface area contributed by atoms with Gasteiger partial charge >= 0.3 is 0 Å². The van der Waals surface area contributed by atoms with Crippen LogP contribution < -0.4 is 5.32 Å². The number of pyridine rings is 1. The van der Waals surface area contributed by atoms with Crippen LogP contribution in [0.4, 0.5) is 14.6 Å². The summed E-state index contributed by atoms with van der Waals surface area (Å²) in [4.78, 5) is 3.93. The van der Waals surface area contributed by atoms with Crippen molar-refractivity contribution in [3.05, 3.63) is 53.1 Å². The lowest BCUT2D eigenvalue weighted by atomic mass is 10.2. The minimum absolute atomic E-state index is 0.0631. The van der Waals surface area contributed by atoms with Crippen LogP contribution in [-0.4, -0.2) is 12.0 Å². The van der Waals surface area contributed by atoms with Crippen LogP contribution in [0, 0.1) is 18.6 Å². The van der Waals surface area contributed by atoms with Gasteiger partial charge in [0.05, 0.1) is 0 Å². The topological polar surface area (TPSA) is 24.9 Å². The van der Waals surface area contributed by atoms with Crippen LogP contribution >= 0.6 is 11.8 Å². The molecule has 0 unspecified atom stereocenters. The van der Waals surface area contributed by atoms with Crippen molar-refractivity contribution in [1.29, 1.82) is 0 Å². The summed E-state index contributed by atoms with van der Waals surface area (Å²) >= 11 is 1.25. The van der Waals surface area contributed by atoms with E-state index in [0.717, 1.165) is 17.2 Å². The number of hydrogen-bond donors (Lipinski definition) is 1. The molecule has 19 heavy (non-hydrogen) atoms. The number of rotatable bonds is 4. The summed E-state index contributed by atoms with van der Waals surface area (Å²) in [6.45, 7) is 2.00. The molecule has 1 aromatic carbocycles. The smallest absolute Gasteiger partial charge is 0.168 e. The van der Waals surface area contributed by atoms with Crippen LogP contribution in [0.15, 0.2) is 35.4 Å². The van der Waals surface area contributed by atoms with Crippen molar-refractivity contribution in [1.82, 2.24) is 4.98 Å². The molecule has 0 aliphatic rings. The fourth-order valence-electron chi connectivity index (χ4n) is 1.68. The van der Waals surface area contributed by atoms with Crippen molar-refractivity contribution < 1.29 is 8.78 Å². The van der Waals surface area contributed by atoms with Gasteiger partial charge in [-0.1, -0.05) is 41.6 Å². The molecule has 2 rings (SSSR count). The van der Waals surface area contributed by atoms with Gasteiger partial charge in [0.25, 0.3) is 0 Å². The van der Waals surface area contributed by atoms with Gasteiger partial charge in [-0.05, 0) is 12.5 Å². The lowest BCUT2D eigenvalue weighted by Gasteiger charge is -2.07. The van der Waals surface area contributed by atoms with Crippen LogP contribution in [-0.2, 0) is 5.75 Å². The number of hydrogen-bond acceptors (Lipinski definition) is 3. The first-order valence-corrected chi connectivity index (χ1v) is 6.81. The van der Waals surface area contributed by atoms with Gasteiger partial charge in [0.15, 0.2) is 17.5 Å². The number of nitrogens with one attached hydrogen (secondary N) is 1. The molecule has 0 fully saturated rings. The van der Waals surface area contributed by atoms with Crippen LogP contribution in [0.2, 0.25) is 0 Å². The Morgan fingerprint density at radius 3 is 2.68 bits per heavy atom. The van der Waals surface area contributed by atoms with E-state index in [2.05, 4.69) is 10.3 Å². The monoisotopic (exact) mass is 280 g/mol. The average Bonchev–Trinajstić information content (AvgIpc) is 2.38. The number of aryl methyl sites for hydroxylation is 1. The Bertz CT molecular complexity index is 588. The first-order valence-electron chi connectivity index (χ1n) is 5.82. The molecular weight excluding hydrogens is 266 g/mol. The molecule has 2 nitrogen and oxygen atoms in total. The molecule has 0 saturated heterocycles. The maximum atomic E-state index is 13.6. The number of benzene rings is 1. The van der Waals surface area contributed by atoms with Gasteiger partial charge in [-0.2, -0.15) is 0 Å². The van der Waals surface area contributed by atoms with Crippen LogP contribution in [0.5, 0.6) is 0 Å². The first kappa shape index (κ1) is 13.8. The fourth-order valence-corrected chi connectivity index (χ4v) is 2.52. The third kappa shape index (κ3) is 3.44. The van der Waals surface area contributed by atoms with Crippen molar-refractivity contribution in [3.8, 4) is 0 Å². The maximum Gasteiger partial charge on any atom is 0.168 e. The van der Waals surface area contributed by atoms with Crippen LogP contribution in [0.1, 0.15) is 11.1 Å². The molecule has 1 heterocycles.